The van der Waals surface area contributed by atoms with Crippen molar-refractivity contribution >= 4 is 5.69 Å². The largest absolute Gasteiger partial charge is 0.497 e. The molecule has 0 spiro atoms. The molecule has 0 fully saturated rings. The highest BCUT2D eigenvalue weighted by Crippen LogP contribution is 2.22. The molecule has 2 N–H and O–H groups in total. The Kier molecular flexibility index (Phi) is 4.41. The second-order valence-electron chi connectivity index (χ2n) is 4.36. The fourth-order valence-corrected chi connectivity index (χ4v) is 1.91. The molecule has 0 amide bonds. The van der Waals surface area contributed by atoms with Gasteiger partial charge in [0.15, 0.2) is 0 Å². The molecule has 2 aromatic rings. The Bertz CT molecular complexity index is 525. The molecule has 0 saturated carbocycles. The molecule has 5 heteroatoms. The maximum absolute atomic E-state index is 8.85. The van der Waals surface area contributed by atoms with Crippen LogP contribution >= 0.6 is 0 Å². The minimum absolute atomic E-state index is 0.0898. The lowest BCUT2D eigenvalue weighted by atomic mass is 10.1. The van der Waals surface area contributed by atoms with Crippen LogP contribution in [0.3, 0.4) is 0 Å². The number of nitrogens with zero attached hydrogens (tertiary/aromatic N) is 2. The van der Waals surface area contributed by atoms with Crippen molar-refractivity contribution in [3.05, 3.63) is 42.2 Å². The van der Waals surface area contributed by atoms with Crippen LogP contribution in [0.1, 0.15) is 18.5 Å². The molecule has 5 nitrogen and oxygen atoms in total. The Labute approximate surface area is 112 Å². The van der Waals surface area contributed by atoms with Crippen molar-refractivity contribution in [3.63, 3.8) is 0 Å². The van der Waals surface area contributed by atoms with Crippen molar-refractivity contribution < 1.29 is 9.84 Å². The zero-order valence-electron chi connectivity index (χ0n) is 11.2. The summed E-state index contributed by atoms with van der Waals surface area (Å²) in [6, 6.07) is 8.12. The summed E-state index contributed by atoms with van der Waals surface area (Å²) < 4.78 is 6.93. The predicted molar refractivity (Wildman–Crippen MR) is 74.3 cm³/mol. The summed E-state index contributed by atoms with van der Waals surface area (Å²) in [4.78, 5) is 0. The maximum atomic E-state index is 8.85. The Morgan fingerprint density at radius 1 is 1.47 bits per heavy atom. The summed E-state index contributed by atoms with van der Waals surface area (Å²) in [6.45, 7) is 2.68. The van der Waals surface area contributed by atoms with E-state index in [2.05, 4.69) is 23.4 Å². The lowest BCUT2D eigenvalue weighted by Gasteiger charge is -2.14. The second kappa shape index (κ2) is 6.24. The fraction of sp³-hybridized carbons (Fsp3) is 0.357. The summed E-state index contributed by atoms with van der Waals surface area (Å²) in [5.41, 5.74) is 2.08. The standard InChI is InChI=1S/C14H19N3O2/c1-11(12-4-3-5-14(8-12)19-2)16-13-9-15-17(10-13)6-7-18/h3-5,8-11,16,18H,6-7H2,1-2H3. The third kappa shape index (κ3) is 3.48. The van der Waals surface area contributed by atoms with Crippen molar-refractivity contribution in [2.45, 2.75) is 19.5 Å². The molecule has 0 bridgehead atoms. The average Bonchev–Trinajstić information content (AvgIpc) is 2.86. The van der Waals surface area contributed by atoms with E-state index in [0.29, 0.717) is 6.54 Å². The van der Waals surface area contributed by atoms with Gasteiger partial charge in [0.1, 0.15) is 5.75 Å². The molecule has 102 valence electrons. The van der Waals surface area contributed by atoms with Gasteiger partial charge in [-0.1, -0.05) is 12.1 Å². The van der Waals surface area contributed by atoms with Gasteiger partial charge in [-0.3, -0.25) is 4.68 Å². The molecule has 2 rings (SSSR count). The van der Waals surface area contributed by atoms with Crippen LogP contribution in [0.15, 0.2) is 36.7 Å². The van der Waals surface area contributed by atoms with Gasteiger partial charge in [-0.15, -0.1) is 0 Å². The van der Waals surface area contributed by atoms with E-state index in [4.69, 9.17) is 9.84 Å². The number of aromatic nitrogens is 2. The molecule has 0 saturated heterocycles. The van der Waals surface area contributed by atoms with Crippen LogP contribution in [0.25, 0.3) is 0 Å². The van der Waals surface area contributed by atoms with E-state index < -0.39 is 0 Å². The van der Waals surface area contributed by atoms with Crippen molar-refractivity contribution in [1.82, 2.24) is 9.78 Å². The van der Waals surface area contributed by atoms with E-state index in [-0.39, 0.29) is 12.6 Å². The van der Waals surface area contributed by atoms with E-state index >= 15 is 0 Å². The summed E-state index contributed by atoms with van der Waals surface area (Å²) in [5.74, 6) is 0.849. The monoisotopic (exact) mass is 261 g/mol. The fourth-order valence-electron chi connectivity index (χ4n) is 1.91. The van der Waals surface area contributed by atoms with Crippen LogP contribution in [-0.4, -0.2) is 28.6 Å². The van der Waals surface area contributed by atoms with E-state index in [1.165, 1.54) is 0 Å². The summed E-state index contributed by atoms with van der Waals surface area (Å²) in [5, 5.41) is 16.4. The molecule has 1 unspecified atom stereocenters. The number of anilines is 1. The highest BCUT2D eigenvalue weighted by Gasteiger charge is 2.07. The summed E-state index contributed by atoms with van der Waals surface area (Å²) in [6.07, 6.45) is 3.64. The van der Waals surface area contributed by atoms with Gasteiger partial charge in [0.25, 0.3) is 0 Å². The topological polar surface area (TPSA) is 59.3 Å². The number of hydrogen-bond acceptors (Lipinski definition) is 4. The molecule has 1 heterocycles. The van der Waals surface area contributed by atoms with Crippen LogP contribution in [0.5, 0.6) is 5.75 Å². The molecule has 0 radical (unpaired) electrons. The predicted octanol–water partition coefficient (Wildman–Crippen LogP) is 2.06. The number of methoxy groups -OCH3 is 1. The summed E-state index contributed by atoms with van der Waals surface area (Å²) >= 11 is 0. The molecule has 0 aliphatic heterocycles. The van der Waals surface area contributed by atoms with Crippen molar-refractivity contribution in [2.24, 2.45) is 0 Å². The van der Waals surface area contributed by atoms with E-state index in [0.717, 1.165) is 17.0 Å². The maximum Gasteiger partial charge on any atom is 0.119 e. The average molecular weight is 261 g/mol. The molecule has 0 aliphatic carbocycles. The number of hydrogen-bond donors (Lipinski definition) is 2. The second-order valence-corrected chi connectivity index (χ2v) is 4.36. The Morgan fingerprint density at radius 3 is 3.05 bits per heavy atom. The highest BCUT2D eigenvalue weighted by atomic mass is 16.5. The molecule has 0 aliphatic rings. The Hall–Kier alpha value is -2.01. The van der Waals surface area contributed by atoms with Crippen LogP contribution in [0, 0.1) is 0 Å². The number of aliphatic hydroxyl groups excluding tert-OH is 1. The Balaban J connectivity index is 2.04. The zero-order chi connectivity index (χ0) is 13.7. The third-order valence-corrected chi connectivity index (χ3v) is 2.94. The lowest BCUT2D eigenvalue weighted by Crippen LogP contribution is -2.06. The molecule has 1 atom stereocenters. The number of rotatable bonds is 6. The van der Waals surface area contributed by atoms with E-state index in [1.54, 1.807) is 18.0 Å². The number of nitrogens with one attached hydrogen (secondary N) is 1. The van der Waals surface area contributed by atoms with Crippen molar-refractivity contribution in [3.8, 4) is 5.75 Å². The SMILES string of the molecule is COc1cccc(C(C)Nc2cnn(CCO)c2)c1. The number of benzene rings is 1. The van der Waals surface area contributed by atoms with E-state index in [9.17, 15) is 0 Å². The first-order valence-electron chi connectivity index (χ1n) is 6.26. The van der Waals surface area contributed by atoms with Gasteiger partial charge < -0.3 is 15.2 Å². The zero-order valence-corrected chi connectivity index (χ0v) is 11.2. The molecule has 19 heavy (non-hydrogen) atoms. The summed E-state index contributed by atoms with van der Waals surface area (Å²) in [7, 11) is 1.66. The van der Waals surface area contributed by atoms with E-state index in [1.807, 2.05) is 24.4 Å². The van der Waals surface area contributed by atoms with Gasteiger partial charge >= 0.3 is 0 Å². The van der Waals surface area contributed by atoms with Crippen LogP contribution in [0.4, 0.5) is 5.69 Å². The van der Waals surface area contributed by atoms with Crippen LogP contribution < -0.4 is 10.1 Å². The smallest absolute Gasteiger partial charge is 0.119 e. The van der Waals surface area contributed by atoms with Crippen molar-refractivity contribution in [1.29, 1.82) is 0 Å². The van der Waals surface area contributed by atoms with Crippen LogP contribution in [0.2, 0.25) is 0 Å². The molecular formula is C14H19N3O2. The minimum Gasteiger partial charge on any atom is -0.497 e. The van der Waals surface area contributed by atoms with Gasteiger partial charge in [0, 0.05) is 12.2 Å². The lowest BCUT2D eigenvalue weighted by molar-refractivity contribution is 0.269. The molecular weight excluding hydrogens is 242 g/mol. The van der Waals surface area contributed by atoms with Crippen molar-refractivity contribution in [2.75, 3.05) is 19.0 Å². The highest BCUT2D eigenvalue weighted by molar-refractivity contribution is 5.42. The van der Waals surface area contributed by atoms with Gasteiger partial charge in [-0.05, 0) is 24.6 Å². The Morgan fingerprint density at radius 2 is 2.32 bits per heavy atom. The van der Waals surface area contributed by atoms with Gasteiger partial charge in [0.05, 0.1) is 32.1 Å². The van der Waals surface area contributed by atoms with Crippen LogP contribution in [-0.2, 0) is 6.54 Å². The number of aliphatic hydroxyl groups is 1. The normalized spacial score (nSPS) is 12.2. The number of ether oxygens (including phenoxy) is 1. The minimum atomic E-state index is 0.0898. The first-order valence-corrected chi connectivity index (χ1v) is 6.26. The first kappa shape index (κ1) is 13.4. The molecule has 1 aromatic carbocycles. The van der Waals surface area contributed by atoms with Gasteiger partial charge in [-0.25, -0.2) is 0 Å². The van der Waals surface area contributed by atoms with Gasteiger partial charge in [-0.2, -0.15) is 5.10 Å². The molecule has 1 aromatic heterocycles. The first-order chi connectivity index (χ1) is 9.22. The third-order valence-electron chi connectivity index (χ3n) is 2.94. The van der Waals surface area contributed by atoms with Gasteiger partial charge in [0.2, 0.25) is 0 Å². The quantitative estimate of drug-likeness (QED) is 0.835.